The Morgan fingerprint density at radius 2 is 2.06 bits per heavy atom. The highest BCUT2D eigenvalue weighted by molar-refractivity contribution is 5.76. The Morgan fingerprint density at radius 1 is 1.35 bits per heavy atom. The van der Waals surface area contributed by atoms with Gasteiger partial charge in [0.2, 0.25) is 5.91 Å². The van der Waals surface area contributed by atoms with Gasteiger partial charge in [-0.2, -0.15) is 0 Å². The molecule has 1 saturated carbocycles. The predicted molar refractivity (Wildman–Crippen MR) is 68.6 cm³/mol. The number of carbonyl (C=O) groups excluding carboxylic acids is 1. The van der Waals surface area contributed by atoms with Crippen molar-refractivity contribution in [1.82, 2.24) is 10.6 Å². The molecule has 1 aromatic carbocycles. The maximum absolute atomic E-state index is 11.5. The fourth-order valence-electron chi connectivity index (χ4n) is 1.79. The molecule has 1 atom stereocenters. The molecular formula is C14H20N2O. The minimum absolute atomic E-state index is 0.167. The van der Waals surface area contributed by atoms with E-state index in [2.05, 4.69) is 29.7 Å². The number of rotatable bonds is 6. The van der Waals surface area contributed by atoms with Crippen LogP contribution in [0.2, 0.25) is 0 Å². The molecule has 0 unspecified atom stereocenters. The van der Waals surface area contributed by atoms with Crippen molar-refractivity contribution in [2.45, 2.75) is 38.3 Å². The second kappa shape index (κ2) is 5.82. The van der Waals surface area contributed by atoms with Crippen molar-refractivity contribution in [2.24, 2.45) is 0 Å². The fourth-order valence-corrected chi connectivity index (χ4v) is 1.79. The van der Waals surface area contributed by atoms with Crippen molar-refractivity contribution in [2.75, 3.05) is 6.54 Å². The number of hydrogen-bond acceptors (Lipinski definition) is 2. The molecule has 1 fully saturated rings. The number of benzene rings is 1. The van der Waals surface area contributed by atoms with Gasteiger partial charge in [0.1, 0.15) is 0 Å². The molecular weight excluding hydrogens is 212 g/mol. The highest BCUT2D eigenvalue weighted by atomic mass is 16.1. The molecule has 0 bridgehead atoms. The summed E-state index contributed by atoms with van der Waals surface area (Å²) in [5.74, 6) is 0.167. The summed E-state index contributed by atoms with van der Waals surface area (Å²) in [4.78, 5) is 11.5. The standard InChI is InChI=1S/C14H20N2O/c1-11(12-5-3-2-4-6-12)15-10-9-14(17)16-13-7-8-13/h2-6,11,13,15H,7-10H2,1H3,(H,16,17)/t11-/m1/s1. The number of carbonyl (C=O) groups is 1. The lowest BCUT2D eigenvalue weighted by Crippen LogP contribution is -2.30. The molecule has 0 radical (unpaired) electrons. The number of nitrogens with one attached hydrogen (secondary N) is 2. The first-order valence-corrected chi connectivity index (χ1v) is 6.33. The van der Waals surface area contributed by atoms with Crippen LogP contribution in [0.25, 0.3) is 0 Å². The molecule has 1 aliphatic carbocycles. The van der Waals surface area contributed by atoms with Gasteiger partial charge in [-0.25, -0.2) is 0 Å². The van der Waals surface area contributed by atoms with Gasteiger partial charge in [0.25, 0.3) is 0 Å². The normalized spacial score (nSPS) is 16.5. The molecule has 1 aromatic rings. The maximum atomic E-state index is 11.5. The molecule has 92 valence electrons. The van der Waals surface area contributed by atoms with E-state index in [0.717, 1.165) is 19.4 Å². The van der Waals surface area contributed by atoms with E-state index in [1.807, 2.05) is 18.2 Å². The molecule has 3 heteroatoms. The molecule has 1 aliphatic rings. The van der Waals surface area contributed by atoms with Gasteiger partial charge in [-0.1, -0.05) is 30.3 Å². The Morgan fingerprint density at radius 3 is 2.71 bits per heavy atom. The summed E-state index contributed by atoms with van der Waals surface area (Å²) in [6.45, 7) is 2.85. The van der Waals surface area contributed by atoms with Gasteiger partial charge >= 0.3 is 0 Å². The lowest BCUT2D eigenvalue weighted by molar-refractivity contribution is -0.121. The highest BCUT2D eigenvalue weighted by Crippen LogP contribution is 2.18. The van der Waals surface area contributed by atoms with Crippen LogP contribution in [0.15, 0.2) is 30.3 Å². The van der Waals surface area contributed by atoms with Crippen LogP contribution in [0, 0.1) is 0 Å². The molecule has 1 amide bonds. The molecule has 2 N–H and O–H groups in total. The summed E-state index contributed by atoms with van der Waals surface area (Å²) in [6.07, 6.45) is 2.87. The van der Waals surface area contributed by atoms with Crippen LogP contribution in [0.1, 0.15) is 37.8 Å². The van der Waals surface area contributed by atoms with Gasteiger partial charge < -0.3 is 10.6 Å². The third-order valence-corrected chi connectivity index (χ3v) is 3.04. The second-order valence-electron chi connectivity index (χ2n) is 4.68. The van der Waals surface area contributed by atoms with E-state index in [0.29, 0.717) is 18.5 Å². The van der Waals surface area contributed by atoms with E-state index >= 15 is 0 Å². The molecule has 0 saturated heterocycles. The Bertz CT molecular complexity index is 360. The number of hydrogen-bond donors (Lipinski definition) is 2. The molecule has 0 aliphatic heterocycles. The Labute approximate surface area is 103 Å². The first kappa shape index (κ1) is 12.1. The largest absolute Gasteiger partial charge is 0.353 e. The minimum atomic E-state index is 0.167. The lowest BCUT2D eigenvalue weighted by atomic mass is 10.1. The van der Waals surface area contributed by atoms with Crippen LogP contribution in [-0.2, 0) is 4.79 Å². The zero-order chi connectivity index (χ0) is 12.1. The average Bonchev–Trinajstić information content (AvgIpc) is 3.14. The summed E-state index contributed by atoms with van der Waals surface area (Å²) in [5, 5.41) is 6.35. The topological polar surface area (TPSA) is 41.1 Å². The first-order chi connectivity index (χ1) is 8.25. The molecule has 17 heavy (non-hydrogen) atoms. The molecule has 0 heterocycles. The molecule has 2 rings (SSSR count). The van der Waals surface area contributed by atoms with Gasteiger partial charge in [0, 0.05) is 25.0 Å². The van der Waals surface area contributed by atoms with E-state index in [4.69, 9.17) is 0 Å². The van der Waals surface area contributed by atoms with E-state index < -0.39 is 0 Å². The molecule has 0 aromatic heterocycles. The van der Waals surface area contributed by atoms with E-state index in [9.17, 15) is 4.79 Å². The van der Waals surface area contributed by atoms with Gasteiger partial charge in [0.05, 0.1) is 0 Å². The maximum Gasteiger partial charge on any atom is 0.221 e. The van der Waals surface area contributed by atoms with E-state index in [1.54, 1.807) is 0 Å². The quantitative estimate of drug-likeness (QED) is 0.787. The summed E-state index contributed by atoms with van der Waals surface area (Å²) < 4.78 is 0. The molecule has 3 nitrogen and oxygen atoms in total. The van der Waals surface area contributed by atoms with E-state index in [-0.39, 0.29) is 5.91 Å². The fraction of sp³-hybridized carbons (Fsp3) is 0.500. The zero-order valence-corrected chi connectivity index (χ0v) is 10.3. The smallest absolute Gasteiger partial charge is 0.221 e. The third kappa shape index (κ3) is 4.19. The Balaban J connectivity index is 1.65. The Kier molecular flexibility index (Phi) is 4.15. The summed E-state index contributed by atoms with van der Waals surface area (Å²) in [5.41, 5.74) is 1.26. The van der Waals surface area contributed by atoms with Crippen molar-refractivity contribution in [3.63, 3.8) is 0 Å². The van der Waals surface area contributed by atoms with Crippen molar-refractivity contribution < 1.29 is 4.79 Å². The lowest BCUT2D eigenvalue weighted by Gasteiger charge is -2.13. The average molecular weight is 232 g/mol. The first-order valence-electron chi connectivity index (χ1n) is 6.33. The Hall–Kier alpha value is -1.35. The van der Waals surface area contributed by atoms with Crippen LogP contribution in [0.3, 0.4) is 0 Å². The van der Waals surface area contributed by atoms with Crippen LogP contribution in [0.4, 0.5) is 0 Å². The van der Waals surface area contributed by atoms with Crippen LogP contribution in [0.5, 0.6) is 0 Å². The van der Waals surface area contributed by atoms with Gasteiger partial charge in [-0.15, -0.1) is 0 Å². The predicted octanol–water partition coefficient (Wildman–Crippen LogP) is 2.01. The number of amides is 1. The highest BCUT2D eigenvalue weighted by Gasteiger charge is 2.22. The van der Waals surface area contributed by atoms with Crippen LogP contribution >= 0.6 is 0 Å². The summed E-state index contributed by atoms with van der Waals surface area (Å²) in [6, 6.07) is 11.0. The van der Waals surface area contributed by atoms with Gasteiger partial charge in [-0.05, 0) is 25.3 Å². The van der Waals surface area contributed by atoms with Crippen molar-refractivity contribution in [1.29, 1.82) is 0 Å². The second-order valence-corrected chi connectivity index (χ2v) is 4.68. The summed E-state index contributed by atoms with van der Waals surface area (Å²) >= 11 is 0. The molecule has 0 spiro atoms. The van der Waals surface area contributed by atoms with Crippen molar-refractivity contribution in [3.8, 4) is 0 Å². The monoisotopic (exact) mass is 232 g/mol. The van der Waals surface area contributed by atoms with Crippen molar-refractivity contribution in [3.05, 3.63) is 35.9 Å². The van der Waals surface area contributed by atoms with Crippen LogP contribution in [-0.4, -0.2) is 18.5 Å². The third-order valence-electron chi connectivity index (χ3n) is 3.04. The minimum Gasteiger partial charge on any atom is -0.353 e. The van der Waals surface area contributed by atoms with Crippen LogP contribution < -0.4 is 10.6 Å². The van der Waals surface area contributed by atoms with Crippen molar-refractivity contribution >= 4 is 5.91 Å². The van der Waals surface area contributed by atoms with Gasteiger partial charge in [0.15, 0.2) is 0 Å². The zero-order valence-electron chi connectivity index (χ0n) is 10.3. The summed E-state index contributed by atoms with van der Waals surface area (Å²) in [7, 11) is 0. The van der Waals surface area contributed by atoms with Gasteiger partial charge in [-0.3, -0.25) is 4.79 Å². The van der Waals surface area contributed by atoms with E-state index in [1.165, 1.54) is 5.56 Å². The SMILES string of the molecule is C[C@@H](NCCC(=O)NC1CC1)c1ccccc1.